The summed E-state index contributed by atoms with van der Waals surface area (Å²) in [7, 11) is 0. The zero-order chi connectivity index (χ0) is 13.4. The first kappa shape index (κ1) is 12.8. The molecule has 0 atom stereocenters. The van der Waals surface area contributed by atoms with E-state index >= 15 is 0 Å². The number of nitrogens with one attached hydrogen (secondary N) is 1. The molecule has 2 aromatic heterocycles. The van der Waals surface area contributed by atoms with E-state index in [1.54, 1.807) is 6.07 Å². The van der Waals surface area contributed by atoms with Crippen molar-refractivity contribution < 1.29 is 4.79 Å². The topological polar surface area (TPSA) is 54.9 Å². The van der Waals surface area contributed by atoms with Gasteiger partial charge in [-0.2, -0.15) is 0 Å². The van der Waals surface area contributed by atoms with Crippen molar-refractivity contribution in [2.75, 3.05) is 5.32 Å². The predicted molar refractivity (Wildman–Crippen MR) is 76.3 cm³/mol. The summed E-state index contributed by atoms with van der Waals surface area (Å²) < 4.78 is 0. The van der Waals surface area contributed by atoms with Crippen LogP contribution < -0.4 is 5.32 Å². The first-order valence-electron chi connectivity index (χ1n) is 5.72. The van der Waals surface area contributed by atoms with Crippen LogP contribution in [0.1, 0.15) is 34.9 Å². The van der Waals surface area contributed by atoms with Crippen LogP contribution in [0.3, 0.4) is 0 Å². The fraction of sp³-hybridized carbons (Fsp3) is 0.250. The van der Waals surface area contributed by atoms with Gasteiger partial charge >= 0.3 is 0 Å². The fourth-order valence-corrected chi connectivity index (χ4v) is 2.77. The lowest BCUT2D eigenvalue weighted by Crippen LogP contribution is -2.14. The maximum absolute atomic E-state index is 12.0. The lowest BCUT2D eigenvalue weighted by Gasteiger charge is -2.03. The van der Waals surface area contributed by atoms with Crippen LogP contribution in [0.2, 0.25) is 10.2 Å². The number of carbonyl (C=O) groups is 1. The molecule has 1 N–H and O–H groups in total. The van der Waals surface area contributed by atoms with Crippen molar-refractivity contribution in [3.63, 3.8) is 0 Å². The van der Waals surface area contributed by atoms with E-state index < -0.39 is 5.91 Å². The zero-order valence-corrected chi connectivity index (χ0v) is 12.0. The van der Waals surface area contributed by atoms with Crippen LogP contribution in [-0.2, 0) is 0 Å². The van der Waals surface area contributed by atoms with Crippen LogP contribution >= 0.6 is 34.5 Å². The molecule has 19 heavy (non-hydrogen) atoms. The van der Waals surface area contributed by atoms with Crippen molar-refractivity contribution in [1.29, 1.82) is 0 Å². The molecule has 0 saturated heterocycles. The van der Waals surface area contributed by atoms with Crippen LogP contribution in [0.5, 0.6) is 0 Å². The molecule has 98 valence electrons. The lowest BCUT2D eigenvalue weighted by molar-refractivity contribution is 0.102. The lowest BCUT2D eigenvalue weighted by atomic mass is 10.3. The third kappa shape index (κ3) is 2.88. The number of hydrogen-bond donors (Lipinski definition) is 1. The Hall–Kier alpha value is -1.17. The Morgan fingerprint density at radius 3 is 2.84 bits per heavy atom. The molecule has 2 aromatic rings. The van der Waals surface area contributed by atoms with Gasteiger partial charge in [-0.15, -0.1) is 11.3 Å². The highest BCUT2D eigenvalue weighted by Crippen LogP contribution is 2.40. The third-order valence-corrected chi connectivity index (χ3v) is 4.06. The molecule has 1 saturated carbocycles. The molecule has 0 unspecified atom stereocenters. The van der Waals surface area contributed by atoms with Gasteiger partial charge in [0, 0.05) is 11.3 Å². The highest BCUT2D eigenvalue weighted by Gasteiger charge is 2.26. The number of carbonyl (C=O) groups excluding carboxylic acids is 1. The standard InChI is InChI=1S/C12H9Cl2N3OS/c13-7-3-4-9(14)16-10(7)11(18)17-12-15-8(5-19-12)6-1-2-6/h3-6H,1-2H2,(H,15,17,18). The van der Waals surface area contributed by atoms with Crippen LogP contribution in [-0.4, -0.2) is 15.9 Å². The summed E-state index contributed by atoms with van der Waals surface area (Å²) >= 11 is 13.1. The predicted octanol–water partition coefficient (Wildman–Crippen LogP) is 3.97. The van der Waals surface area contributed by atoms with Crippen LogP contribution in [0.25, 0.3) is 0 Å². The molecular weight excluding hydrogens is 305 g/mol. The number of nitrogens with zero attached hydrogens (tertiary/aromatic N) is 2. The average Bonchev–Trinajstić information content (AvgIpc) is 3.13. The molecule has 0 spiro atoms. The van der Waals surface area contributed by atoms with Gasteiger partial charge in [0.1, 0.15) is 10.8 Å². The minimum absolute atomic E-state index is 0.109. The fourth-order valence-electron chi connectivity index (χ4n) is 1.64. The van der Waals surface area contributed by atoms with Crippen molar-refractivity contribution in [1.82, 2.24) is 9.97 Å². The maximum Gasteiger partial charge on any atom is 0.277 e. The molecule has 0 bridgehead atoms. The van der Waals surface area contributed by atoms with Gasteiger partial charge in [0.05, 0.1) is 10.7 Å². The molecule has 1 fully saturated rings. The maximum atomic E-state index is 12.0. The van der Waals surface area contributed by atoms with Gasteiger partial charge in [-0.05, 0) is 25.0 Å². The Morgan fingerprint density at radius 2 is 2.11 bits per heavy atom. The van der Waals surface area contributed by atoms with Crippen LogP contribution in [0.4, 0.5) is 5.13 Å². The van der Waals surface area contributed by atoms with E-state index in [0.29, 0.717) is 11.0 Å². The van der Waals surface area contributed by atoms with Crippen molar-refractivity contribution in [2.24, 2.45) is 0 Å². The van der Waals surface area contributed by atoms with Crippen LogP contribution in [0.15, 0.2) is 17.5 Å². The number of anilines is 1. The highest BCUT2D eigenvalue weighted by atomic mass is 35.5. The first-order chi connectivity index (χ1) is 9.13. The van der Waals surface area contributed by atoms with Gasteiger partial charge in [0.25, 0.3) is 5.91 Å². The van der Waals surface area contributed by atoms with Gasteiger partial charge in [-0.25, -0.2) is 9.97 Å². The van der Waals surface area contributed by atoms with E-state index in [1.807, 2.05) is 5.38 Å². The Bertz CT molecular complexity index is 640. The molecule has 4 nitrogen and oxygen atoms in total. The number of aromatic nitrogens is 2. The molecule has 1 aliphatic rings. The molecule has 1 aliphatic carbocycles. The van der Waals surface area contributed by atoms with E-state index in [4.69, 9.17) is 23.2 Å². The third-order valence-electron chi connectivity index (χ3n) is 2.77. The summed E-state index contributed by atoms with van der Waals surface area (Å²) in [5.41, 5.74) is 1.16. The molecule has 7 heteroatoms. The highest BCUT2D eigenvalue weighted by molar-refractivity contribution is 7.14. The zero-order valence-electron chi connectivity index (χ0n) is 9.69. The van der Waals surface area contributed by atoms with Gasteiger partial charge < -0.3 is 0 Å². The molecule has 3 rings (SSSR count). The van der Waals surface area contributed by atoms with E-state index in [1.165, 1.54) is 30.2 Å². The molecular formula is C12H9Cl2N3OS. The second-order valence-corrected chi connectivity index (χ2v) is 5.92. The van der Waals surface area contributed by atoms with Crippen molar-refractivity contribution >= 4 is 45.6 Å². The van der Waals surface area contributed by atoms with E-state index in [0.717, 1.165) is 5.69 Å². The smallest absolute Gasteiger partial charge is 0.277 e. The Balaban J connectivity index is 1.77. The molecule has 0 aliphatic heterocycles. The Morgan fingerprint density at radius 1 is 1.32 bits per heavy atom. The number of pyridine rings is 1. The van der Waals surface area contributed by atoms with Gasteiger partial charge in [0.15, 0.2) is 5.13 Å². The van der Waals surface area contributed by atoms with Crippen molar-refractivity contribution in [3.05, 3.63) is 39.1 Å². The normalized spacial score (nSPS) is 14.4. The number of hydrogen-bond acceptors (Lipinski definition) is 4. The summed E-state index contributed by atoms with van der Waals surface area (Å²) in [6.07, 6.45) is 2.36. The summed E-state index contributed by atoms with van der Waals surface area (Å²) in [6.45, 7) is 0. The minimum Gasteiger partial charge on any atom is -0.296 e. The molecule has 1 amide bonds. The molecule has 2 heterocycles. The van der Waals surface area contributed by atoms with E-state index in [9.17, 15) is 4.79 Å². The van der Waals surface area contributed by atoms with Gasteiger partial charge in [-0.1, -0.05) is 23.2 Å². The largest absolute Gasteiger partial charge is 0.296 e. The van der Waals surface area contributed by atoms with Gasteiger partial charge in [0.2, 0.25) is 0 Å². The minimum atomic E-state index is -0.399. The second-order valence-electron chi connectivity index (χ2n) is 4.27. The Labute approximate surface area is 123 Å². The second kappa shape index (κ2) is 5.07. The summed E-state index contributed by atoms with van der Waals surface area (Å²) in [6, 6.07) is 3.08. The Kier molecular flexibility index (Phi) is 3.43. The van der Waals surface area contributed by atoms with Gasteiger partial charge in [-0.3, -0.25) is 10.1 Å². The quantitative estimate of drug-likeness (QED) is 0.872. The summed E-state index contributed by atoms with van der Waals surface area (Å²) in [5, 5.41) is 5.72. The monoisotopic (exact) mass is 313 g/mol. The number of rotatable bonds is 3. The SMILES string of the molecule is O=C(Nc1nc(C2CC2)cs1)c1nc(Cl)ccc1Cl. The summed E-state index contributed by atoms with van der Waals surface area (Å²) in [4.78, 5) is 20.3. The number of halogens is 2. The average molecular weight is 314 g/mol. The van der Waals surface area contributed by atoms with Crippen LogP contribution in [0, 0.1) is 0 Å². The number of amides is 1. The van der Waals surface area contributed by atoms with E-state index in [-0.39, 0.29) is 15.9 Å². The molecule has 0 aromatic carbocycles. The first-order valence-corrected chi connectivity index (χ1v) is 7.36. The molecule has 0 radical (unpaired) electrons. The van der Waals surface area contributed by atoms with Crippen molar-refractivity contribution in [2.45, 2.75) is 18.8 Å². The van der Waals surface area contributed by atoms with E-state index in [2.05, 4.69) is 15.3 Å². The van der Waals surface area contributed by atoms with Crippen molar-refractivity contribution in [3.8, 4) is 0 Å². The number of thiazole rings is 1. The summed E-state index contributed by atoms with van der Waals surface area (Å²) in [5.74, 6) is 0.166.